The third kappa shape index (κ3) is 4.89. The summed E-state index contributed by atoms with van der Waals surface area (Å²) in [5.74, 6) is 0.118. The highest BCUT2D eigenvalue weighted by Gasteiger charge is 2.16. The molecule has 0 unspecified atom stereocenters. The molecule has 0 saturated carbocycles. The van der Waals surface area contributed by atoms with Gasteiger partial charge in [-0.1, -0.05) is 12.1 Å². The Kier molecular flexibility index (Phi) is 5.77. The minimum absolute atomic E-state index is 0.171. The number of rotatable bonds is 6. The van der Waals surface area contributed by atoms with Gasteiger partial charge in [0.15, 0.2) is 0 Å². The molecule has 3 rings (SSSR count). The Morgan fingerprint density at radius 3 is 2.74 bits per heavy atom. The Labute approximate surface area is 163 Å². The van der Waals surface area contributed by atoms with E-state index in [0.29, 0.717) is 22.5 Å². The largest absolute Gasteiger partial charge is 0.487 e. The van der Waals surface area contributed by atoms with Crippen LogP contribution in [0.5, 0.6) is 5.75 Å². The molecule has 0 bridgehead atoms. The number of benzene rings is 2. The third-order valence-corrected chi connectivity index (χ3v) is 4.28. The summed E-state index contributed by atoms with van der Waals surface area (Å²) >= 11 is 3.10. The fourth-order valence-electron chi connectivity index (χ4n) is 2.30. The monoisotopic (exact) mass is 427 g/mol. The molecular formula is C19H14BrN3O4. The van der Waals surface area contributed by atoms with Crippen molar-refractivity contribution in [3.8, 4) is 5.75 Å². The first-order valence-electron chi connectivity index (χ1n) is 7.91. The lowest BCUT2D eigenvalue weighted by atomic mass is 10.2. The molecule has 1 N–H and O–H groups in total. The number of halogens is 1. The number of carbonyl (C=O) groups excluding carboxylic acids is 1. The van der Waals surface area contributed by atoms with Crippen molar-refractivity contribution in [2.45, 2.75) is 6.61 Å². The van der Waals surface area contributed by atoms with Gasteiger partial charge in [0, 0.05) is 29.6 Å². The molecule has 1 amide bonds. The highest BCUT2D eigenvalue weighted by Crippen LogP contribution is 2.26. The van der Waals surface area contributed by atoms with E-state index in [1.165, 1.54) is 18.2 Å². The van der Waals surface area contributed by atoms with Gasteiger partial charge in [0.05, 0.1) is 15.1 Å². The summed E-state index contributed by atoms with van der Waals surface area (Å²) in [4.78, 5) is 27.0. The van der Waals surface area contributed by atoms with Crippen molar-refractivity contribution in [1.82, 2.24) is 4.98 Å². The van der Waals surface area contributed by atoms with E-state index in [0.717, 1.165) is 5.69 Å². The van der Waals surface area contributed by atoms with Crippen molar-refractivity contribution < 1.29 is 14.5 Å². The van der Waals surface area contributed by atoms with Crippen LogP contribution < -0.4 is 10.1 Å². The van der Waals surface area contributed by atoms with E-state index in [1.807, 2.05) is 18.2 Å². The van der Waals surface area contributed by atoms with E-state index >= 15 is 0 Å². The minimum Gasteiger partial charge on any atom is -0.487 e. The lowest BCUT2D eigenvalue weighted by Gasteiger charge is -2.09. The molecule has 3 aromatic rings. The average molecular weight is 428 g/mol. The predicted octanol–water partition coefficient (Wildman–Crippen LogP) is 4.58. The van der Waals surface area contributed by atoms with Crippen molar-refractivity contribution in [2.24, 2.45) is 0 Å². The molecule has 0 saturated heterocycles. The number of nitro groups is 1. The van der Waals surface area contributed by atoms with E-state index in [2.05, 4.69) is 26.2 Å². The van der Waals surface area contributed by atoms with Gasteiger partial charge in [-0.15, -0.1) is 0 Å². The maximum atomic E-state index is 12.4. The third-order valence-electron chi connectivity index (χ3n) is 3.61. The van der Waals surface area contributed by atoms with E-state index < -0.39 is 10.8 Å². The van der Waals surface area contributed by atoms with Crippen LogP contribution in [0.15, 0.2) is 71.3 Å². The zero-order chi connectivity index (χ0) is 19.2. The normalized spacial score (nSPS) is 10.3. The predicted molar refractivity (Wildman–Crippen MR) is 104 cm³/mol. The van der Waals surface area contributed by atoms with Crippen molar-refractivity contribution in [3.63, 3.8) is 0 Å². The molecular weight excluding hydrogens is 414 g/mol. The average Bonchev–Trinajstić information content (AvgIpc) is 2.67. The Hall–Kier alpha value is -3.26. The van der Waals surface area contributed by atoms with Gasteiger partial charge in [0.1, 0.15) is 12.4 Å². The summed E-state index contributed by atoms with van der Waals surface area (Å²) in [6.07, 6.45) is 1.69. The van der Waals surface area contributed by atoms with Gasteiger partial charge in [0.2, 0.25) is 0 Å². The van der Waals surface area contributed by atoms with Gasteiger partial charge in [-0.3, -0.25) is 19.9 Å². The number of amides is 1. The quantitative estimate of drug-likeness (QED) is 0.458. The van der Waals surface area contributed by atoms with Crippen LogP contribution in [0, 0.1) is 10.1 Å². The molecule has 1 heterocycles. The summed E-state index contributed by atoms with van der Waals surface area (Å²) in [7, 11) is 0. The molecule has 7 nitrogen and oxygen atoms in total. The van der Waals surface area contributed by atoms with Crippen LogP contribution in [-0.4, -0.2) is 15.8 Å². The minimum atomic E-state index is -0.549. The molecule has 0 aliphatic rings. The molecule has 0 aliphatic carbocycles. The standard InChI is InChI=1S/C19H14BrN3O4/c20-17-8-7-13(10-18(17)23(25)26)19(24)22-14-5-3-6-16(11-14)27-12-15-4-1-2-9-21-15/h1-11H,12H2,(H,22,24). The van der Waals surface area contributed by atoms with Crippen molar-refractivity contribution >= 4 is 33.2 Å². The fourth-order valence-corrected chi connectivity index (χ4v) is 2.69. The number of nitrogens with one attached hydrogen (secondary N) is 1. The van der Waals surface area contributed by atoms with Crippen LogP contribution in [0.25, 0.3) is 0 Å². The molecule has 27 heavy (non-hydrogen) atoms. The molecule has 136 valence electrons. The number of hydrogen-bond acceptors (Lipinski definition) is 5. The van der Waals surface area contributed by atoms with Crippen LogP contribution in [-0.2, 0) is 6.61 Å². The molecule has 0 aliphatic heterocycles. The van der Waals surface area contributed by atoms with Crippen molar-refractivity contribution in [3.05, 3.63) is 92.7 Å². The summed E-state index contributed by atoms with van der Waals surface area (Å²) in [6, 6.07) is 16.6. The molecule has 8 heteroatoms. The van der Waals surface area contributed by atoms with Gasteiger partial charge in [-0.2, -0.15) is 0 Å². The zero-order valence-corrected chi connectivity index (χ0v) is 15.5. The molecule has 0 radical (unpaired) electrons. The Morgan fingerprint density at radius 2 is 2.00 bits per heavy atom. The maximum Gasteiger partial charge on any atom is 0.284 e. The fraction of sp³-hybridized carbons (Fsp3) is 0.0526. The first kappa shape index (κ1) is 18.5. The number of anilines is 1. The summed E-state index contributed by atoms with van der Waals surface area (Å²) < 4.78 is 5.99. The highest BCUT2D eigenvalue weighted by atomic mass is 79.9. The van der Waals surface area contributed by atoms with Crippen molar-refractivity contribution in [1.29, 1.82) is 0 Å². The first-order valence-corrected chi connectivity index (χ1v) is 8.70. The van der Waals surface area contributed by atoms with E-state index in [-0.39, 0.29) is 11.3 Å². The Bertz CT molecular complexity index is 980. The van der Waals surface area contributed by atoms with Gasteiger partial charge in [-0.05, 0) is 52.3 Å². The van der Waals surface area contributed by atoms with E-state index in [1.54, 1.807) is 30.5 Å². The Balaban J connectivity index is 1.69. The second-order valence-corrected chi connectivity index (χ2v) is 6.37. The lowest BCUT2D eigenvalue weighted by Crippen LogP contribution is -2.12. The number of nitro benzene ring substituents is 1. The molecule has 0 fully saturated rings. The lowest BCUT2D eigenvalue weighted by molar-refractivity contribution is -0.385. The summed E-state index contributed by atoms with van der Waals surface area (Å²) in [5, 5.41) is 13.7. The molecule has 0 atom stereocenters. The second kappa shape index (κ2) is 8.41. The van der Waals surface area contributed by atoms with E-state index in [4.69, 9.17) is 4.74 Å². The number of aromatic nitrogens is 1. The summed E-state index contributed by atoms with van der Waals surface area (Å²) in [5.41, 5.74) is 1.32. The van der Waals surface area contributed by atoms with E-state index in [9.17, 15) is 14.9 Å². The Morgan fingerprint density at radius 1 is 1.15 bits per heavy atom. The number of ether oxygens (including phenoxy) is 1. The second-order valence-electron chi connectivity index (χ2n) is 5.52. The van der Waals surface area contributed by atoms with Crippen LogP contribution >= 0.6 is 15.9 Å². The first-order chi connectivity index (χ1) is 13.0. The number of carbonyl (C=O) groups is 1. The van der Waals surface area contributed by atoms with Crippen LogP contribution in [0.3, 0.4) is 0 Å². The van der Waals surface area contributed by atoms with Gasteiger partial charge in [-0.25, -0.2) is 0 Å². The van der Waals surface area contributed by atoms with Crippen LogP contribution in [0.1, 0.15) is 16.1 Å². The maximum absolute atomic E-state index is 12.4. The van der Waals surface area contributed by atoms with Gasteiger partial charge in [0.25, 0.3) is 11.6 Å². The van der Waals surface area contributed by atoms with Gasteiger partial charge >= 0.3 is 0 Å². The summed E-state index contributed by atoms with van der Waals surface area (Å²) in [6.45, 7) is 0.303. The number of nitrogens with zero attached hydrogens (tertiary/aromatic N) is 2. The molecule has 1 aromatic heterocycles. The van der Waals surface area contributed by atoms with Gasteiger partial charge < -0.3 is 10.1 Å². The van der Waals surface area contributed by atoms with Crippen molar-refractivity contribution in [2.75, 3.05) is 5.32 Å². The SMILES string of the molecule is O=C(Nc1cccc(OCc2ccccn2)c1)c1ccc(Br)c([N+](=O)[O-])c1. The van der Waals surface area contributed by atoms with Crippen LogP contribution in [0.2, 0.25) is 0 Å². The molecule has 2 aromatic carbocycles. The topological polar surface area (TPSA) is 94.4 Å². The zero-order valence-electron chi connectivity index (χ0n) is 14.0. The van der Waals surface area contributed by atoms with Crippen LogP contribution in [0.4, 0.5) is 11.4 Å². The number of pyridine rings is 1. The highest BCUT2D eigenvalue weighted by molar-refractivity contribution is 9.10. The number of hydrogen-bond donors (Lipinski definition) is 1. The smallest absolute Gasteiger partial charge is 0.284 e. The molecule has 0 spiro atoms.